The summed E-state index contributed by atoms with van der Waals surface area (Å²) in [7, 11) is 0. The van der Waals surface area contributed by atoms with Crippen LogP contribution in [-0.4, -0.2) is 35.9 Å². The molecule has 0 spiro atoms. The summed E-state index contributed by atoms with van der Waals surface area (Å²) in [5, 5.41) is 3.21. The molecule has 0 aromatic heterocycles. The van der Waals surface area contributed by atoms with E-state index in [1.54, 1.807) is 4.90 Å². The van der Waals surface area contributed by atoms with Crippen molar-refractivity contribution in [2.24, 2.45) is 0 Å². The van der Waals surface area contributed by atoms with E-state index in [1.807, 2.05) is 18.2 Å². The van der Waals surface area contributed by atoms with Gasteiger partial charge in [-0.25, -0.2) is 0 Å². The Bertz CT molecular complexity index is 801. The molecular weight excluding hydrogens is 432 g/mol. The molecular formula is C23H29BrN2O3. The van der Waals surface area contributed by atoms with Gasteiger partial charge in [-0.1, -0.05) is 40.4 Å². The van der Waals surface area contributed by atoms with E-state index >= 15 is 0 Å². The summed E-state index contributed by atoms with van der Waals surface area (Å²) in [6, 6.07) is 5.20. The monoisotopic (exact) mass is 460 g/mol. The number of benzene rings is 1. The molecule has 1 unspecified atom stereocenters. The molecule has 1 heterocycles. The lowest BCUT2D eigenvalue weighted by Crippen LogP contribution is -2.46. The Morgan fingerprint density at radius 1 is 1.21 bits per heavy atom. The Morgan fingerprint density at radius 2 is 2.03 bits per heavy atom. The average molecular weight is 461 g/mol. The predicted molar refractivity (Wildman–Crippen MR) is 116 cm³/mol. The molecule has 1 aliphatic heterocycles. The third kappa shape index (κ3) is 4.85. The van der Waals surface area contributed by atoms with E-state index in [9.17, 15) is 9.59 Å². The minimum Gasteiger partial charge on any atom is -0.483 e. The van der Waals surface area contributed by atoms with Crippen molar-refractivity contribution < 1.29 is 14.3 Å². The standard InChI is InChI=1S/C23H29BrN2O3/c24-17-10-11-20-19(14-17)22(23(28)25-18-8-4-5-9-18)26(21(27)15-29-20)13-12-16-6-2-1-3-7-16/h6,10-11,14,18,22H,1-5,7-9,12-13,15H2,(H,25,28). The van der Waals surface area contributed by atoms with Gasteiger partial charge in [-0.2, -0.15) is 0 Å². The number of rotatable bonds is 5. The number of nitrogens with one attached hydrogen (secondary N) is 1. The molecule has 4 rings (SSSR count). The van der Waals surface area contributed by atoms with Gasteiger partial charge in [0.1, 0.15) is 11.8 Å². The quantitative estimate of drug-likeness (QED) is 0.649. The lowest BCUT2D eigenvalue weighted by molar-refractivity contribution is -0.141. The van der Waals surface area contributed by atoms with Gasteiger partial charge in [0.25, 0.3) is 5.91 Å². The van der Waals surface area contributed by atoms with E-state index < -0.39 is 6.04 Å². The fourth-order valence-corrected chi connectivity index (χ4v) is 5.06. The molecule has 0 radical (unpaired) electrons. The van der Waals surface area contributed by atoms with Crippen LogP contribution in [0.25, 0.3) is 0 Å². The molecule has 29 heavy (non-hydrogen) atoms. The first-order chi connectivity index (χ1) is 14.1. The molecule has 0 saturated heterocycles. The van der Waals surface area contributed by atoms with Crippen LogP contribution in [-0.2, 0) is 9.59 Å². The van der Waals surface area contributed by atoms with Crippen molar-refractivity contribution in [3.8, 4) is 5.75 Å². The van der Waals surface area contributed by atoms with Crippen molar-refractivity contribution in [1.29, 1.82) is 0 Å². The summed E-state index contributed by atoms with van der Waals surface area (Å²) in [4.78, 5) is 28.1. The fraction of sp³-hybridized carbons (Fsp3) is 0.565. The van der Waals surface area contributed by atoms with E-state index in [0.29, 0.717) is 12.3 Å². The van der Waals surface area contributed by atoms with Gasteiger partial charge in [0, 0.05) is 22.6 Å². The van der Waals surface area contributed by atoms with Crippen LogP contribution < -0.4 is 10.1 Å². The molecule has 2 amide bonds. The van der Waals surface area contributed by atoms with Crippen molar-refractivity contribution >= 4 is 27.7 Å². The average Bonchev–Trinajstić information content (AvgIpc) is 3.18. The Hall–Kier alpha value is -1.82. The summed E-state index contributed by atoms with van der Waals surface area (Å²) in [6.07, 6.45) is 12.1. The Kier molecular flexibility index (Phi) is 6.58. The van der Waals surface area contributed by atoms with Gasteiger partial charge in [0.2, 0.25) is 5.91 Å². The highest BCUT2D eigenvalue weighted by molar-refractivity contribution is 9.10. The van der Waals surface area contributed by atoms with Crippen LogP contribution >= 0.6 is 15.9 Å². The molecule has 1 N–H and O–H groups in total. The number of allylic oxidation sites excluding steroid dienone is 1. The molecule has 156 valence electrons. The Morgan fingerprint density at radius 3 is 2.79 bits per heavy atom. The Labute approximate surface area is 181 Å². The number of hydrogen-bond donors (Lipinski definition) is 1. The van der Waals surface area contributed by atoms with Crippen LogP contribution in [0.1, 0.15) is 69.4 Å². The minimum atomic E-state index is -0.651. The van der Waals surface area contributed by atoms with Crippen molar-refractivity contribution in [2.45, 2.75) is 69.9 Å². The molecule has 1 aromatic rings. The van der Waals surface area contributed by atoms with E-state index in [2.05, 4.69) is 27.3 Å². The molecule has 5 nitrogen and oxygen atoms in total. The molecule has 3 aliphatic rings. The largest absolute Gasteiger partial charge is 0.483 e. The number of carbonyl (C=O) groups is 2. The molecule has 1 saturated carbocycles. The number of amides is 2. The lowest BCUT2D eigenvalue weighted by atomic mass is 9.96. The van der Waals surface area contributed by atoms with E-state index in [-0.39, 0.29) is 24.5 Å². The second kappa shape index (κ2) is 9.33. The summed E-state index contributed by atoms with van der Waals surface area (Å²) in [6.45, 7) is 0.517. The highest BCUT2D eigenvalue weighted by atomic mass is 79.9. The van der Waals surface area contributed by atoms with Crippen LogP contribution in [0.3, 0.4) is 0 Å². The number of ether oxygens (including phenoxy) is 1. The van der Waals surface area contributed by atoms with Crippen LogP contribution in [0.4, 0.5) is 0 Å². The van der Waals surface area contributed by atoms with Gasteiger partial charge in [0.15, 0.2) is 6.61 Å². The minimum absolute atomic E-state index is 0.0269. The maximum atomic E-state index is 13.4. The van der Waals surface area contributed by atoms with Crippen molar-refractivity contribution in [3.63, 3.8) is 0 Å². The van der Waals surface area contributed by atoms with Gasteiger partial charge in [-0.05, 0) is 63.1 Å². The van der Waals surface area contributed by atoms with E-state index in [0.717, 1.165) is 55.0 Å². The second-order valence-corrected chi connectivity index (χ2v) is 9.22. The van der Waals surface area contributed by atoms with Crippen molar-refractivity contribution in [1.82, 2.24) is 10.2 Å². The molecule has 1 atom stereocenters. The van der Waals surface area contributed by atoms with E-state index in [4.69, 9.17) is 4.74 Å². The van der Waals surface area contributed by atoms with Crippen LogP contribution in [0.5, 0.6) is 5.75 Å². The number of halogens is 1. The zero-order chi connectivity index (χ0) is 20.2. The Balaban J connectivity index is 1.62. The van der Waals surface area contributed by atoms with E-state index in [1.165, 1.54) is 18.4 Å². The highest BCUT2D eigenvalue weighted by Gasteiger charge is 2.37. The van der Waals surface area contributed by atoms with Gasteiger partial charge >= 0.3 is 0 Å². The smallest absolute Gasteiger partial charge is 0.261 e. The van der Waals surface area contributed by atoms with Crippen LogP contribution in [0, 0.1) is 0 Å². The summed E-state index contributed by atoms with van der Waals surface area (Å²) in [5.74, 6) is 0.403. The SMILES string of the molecule is O=C(NC1CCCC1)C1c2cc(Br)ccc2OCC(=O)N1CCC1=CCCCC1. The normalized spacial score (nSPS) is 22.5. The molecule has 2 aliphatic carbocycles. The predicted octanol–water partition coefficient (Wildman–Crippen LogP) is 4.66. The van der Waals surface area contributed by atoms with Crippen LogP contribution in [0.15, 0.2) is 34.3 Å². The zero-order valence-corrected chi connectivity index (χ0v) is 18.4. The fourth-order valence-electron chi connectivity index (χ4n) is 4.68. The lowest BCUT2D eigenvalue weighted by Gasteiger charge is -2.31. The van der Waals surface area contributed by atoms with Crippen molar-refractivity contribution in [2.75, 3.05) is 13.2 Å². The summed E-state index contributed by atoms with van der Waals surface area (Å²) in [5.41, 5.74) is 2.16. The summed E-state index contributed by atoms with van der Waals surface area (Å²) >= 11 is 3.52. The zero-order valence-electron chi connectivity index (χ0n) is 16.8. The van der Waals surface area contributed by atoms with Crippen LogP contribution in [0.2, 0.25) is 0 Å². The first-order valence-electron chi connectivity index (χ1n) is 10.8. The summed E-state index contributed by atoms with van der Waals surface area (Å²) < 4.78 is 6.66. The van der Waals surface area contributed by atoms with Gasteiger partial charge in [0.05, 0.1) is 0 Å². The van der Waals surface area contributed by atoms with Gasteiger partial charge < -0.3 is 15.0 Å². The number of fused-ring (bicyclic) bond motifs is 1. The number of carbonyl (C=O) groups excluding carboxylic acids is 2. The molecule has 1 fully saturated rings. The second-order valence-electron chi connectivity index (χ2n) is 8.31. The topological polar surface area (TPSA) is 58.6 Å². The maximum Gasteiger partial charge on any atom is 0.261 e. The van der Waals surface area contributed by atoms with Crippen molar-refractivity contribution in [3.05, 3.63) is 39.9 Å². The molecule has 0 bridgehead atoms. The first-order valence-corrected chi connectivity index (χ1v) is 11.6. The number of hydrogen-bond acceptors (Lipinski definition) is 3. The van der Waals surface area contributed by atoms with Gasteiger partial charge in [-0.15, -0.1) is 0 Å². The molecule has 6 heteroatoms. The highest BCUT2D eigenvalue weighted by Crippen LogP contribution is 2.36. The first kappa shape index (κ1) is 20.5. The third-order valence-corrected chi connectivity index (χ3v) is 6.75. The third-order valence-electron chi connectivity index (χ3n) is 6.26. The number of nitrogens with zero attached hydrogens (tertiary/aromatic N) is 1. The maximum absolute atomic E-state index is 13.4. The molecule has 1 aromatic carbocycles. The van der Waals surface area contributed by atoms with Gasteiger partial charge in [-0.3, -0.25) is 9.59 Å².